The van der Waals surface area contributed by atoms with Gasteiger partial charge in [-0.2, -0.15) is 10.4 Å². The second kappa shape index (κ2) is 3.88. The van der Waals surface area contributed by atoms with E-state index in [0.717, 1.165) is 0 Å². The van der Waals surface area contributed by atoms with Crippen molar-refractivity contribution in [1.29, 1.82) is 5.26 Å². The van der Waals surface area contributed by atoms with Crippen molar-refractivity contribution in [2.24, 2.45) is 5.10 Å². The van der Waals surface area contributed by atoms with Crippen molar-refractivity contribution in [3.05, 3.63) is 11.8 Å². The predicted octanol–water partition coefficient (Wildman–Crippen LogP) is 0.619. The lowest BCUT2D eigenvalue weighted by Gasteiger charge is -1.84. The van der Waals surface area contributed by atoms with Gasteiger partial charge in [-0.25, -0.2) is 0 Å². The zero-order valence-corrected chi connectivity index (χ0v) is 4.68. The molecule has 0 bridgehead atoms. The maximum absolute atomic E-state index is 8.14. The van der Waals surface area contributed by atoms with Gasteiger partial charge in [0.05, 0.1) is 6.07 Å². The van der Waals surface area contributed by atoms with Crippen LogP contribution in [0.1, 0.15) is 6.92 Å². The zero-order chi connectivity index (χ0) is 6.41. The van der Waals surface area contributed by atoms with E-state index in [2.05, 4.69) is 17.2 Å². The molecule has 0 aliphatic carbocycles. The summed E-state index contributed by atoms with van der Waals surface area (Å²) < 4.78 is 0. The summed E-state index contributed by atoms with van der Waals surface area (Å²) >= 11 is 0. The fraction of sp³-hybridized carbons (Fsp3) is 0.200. The van der Waals surface area contributed by atoms with Crippen LogP contribution in [0.3, 0.4) is 0 Å². The maximum atomic E-state index is 8.14. The number of nitriles is 1. The van der Waals surface area contributed by atoms with Crippen molar-refractivity contribution in [2.45, 2.75) is 6.92 Å². The molecule has 1 N–H and O–H groups in total. The van der Waals surface area contributed by atoms with Gasteiger partial charge in [0.1, 0.15) is 0 Å². The molecule has 0 aromatic rings. The number of allylic oxidation sites excluding steroid dienone is 1. The summed E-state index contributed by atoms with van der Waals surface area (Å²) in [4.78, 5) is 0. The van der Waals surface area contributed by atoms with Crippen LogP contribution >= 0.6 is 0 Å². The van der Waals surface area contributed by atoms with E-state index in [0.29, 0.717) is 5.57 Å². The van der Waals surface area contributed by atoms with Gasteiger partial charge in [0.25, 0.3) is 0 Å². The lowest BCUT2D eigenvalue weighted by Crippen LogP contribution is -1.91. The van der Waals surface area contributed by atoms with Crippen LogP contribution in [-0.4, -0.2) is 6.72 Å². The number of rotatable bonds is 2. The van der Waals surface area contributed by atoms with E-state index in [1.165, 1.54) is 6.20 Å². The fourth-order valence-corrected chi connectivity index (χ4v) is 0.175. The van der Waals surface area contributed by atoms with Crippen molar-refractivity contribution in [1.82, 2.24) is 5.43 Å². The minimum Gasteiger partial charge on any atom is -0.285 e. The molecule has 0 heterocycles. The molecule has 3 nitrogen and oxygen atoms in total. The van der Waals surface area contributed by atoms with Gasteiger partial charge < -0.3 is 0 Å². The van der Waals surface area contributed by atoms with Gasteiger partial charge in [-0.3, -0.25) is 5.43 Å². The van der Waals surface area contributed by atoms with Crippen LogP contribution in [0, 0.1) is 11.3 Å². The minimum absolute atomic E-state index is 0.581. The Morgan fingerprint density at radius 3 is 3.00 bits per heavy atom. The topological polar surface area (TPSA) is 48.2 Å². The molecule has 0 spiro atoms. The molecule has 42 valence electrons. The molecule has 8 heavy (non-hydrogen) atoms. The molecule has 3 heteroatoms. The van der Waals surface area contributed by atoms with E-state index >= 15 is 0 Å². The highest BCUT2D eigenvalue weighted by Gasteiger charge is 1.76. The Labute approximate surface area is 48.3 Å². The molecule has 0 amide bonds. The van der Waals surface area contributed by atoms with Crippen LogP contribution in [0.2, 0.25) is 0 Å². The van der Waals surface area contributed by atoms with Gasteiger partial charge in [0.2, 0.25) is 0 Å². The van der Waals surface area contributed by atoms with Gasteiger partial charge in [0.15, 0.2) is 0 Å². The first kappa shape index (κ1) is 6.70. The smallest absolute Gasteiger partial charge is 0.0960 e. The van der Waals surface area contributed by atoms with Gasteiger partial charge >= 0.3 is 0 Å². The van der Waals surface area contributed by atoms with Gasteiger partial charge in [0, 0.05) is 18.5 Å². The summed E-state index contributed by atoms with van der Waals surface area (Å²) in [5.74, 6) is 0. The predicted molar refractivity (Wildman–Crippen MR) is 32.1 cm³/mol. The van der Waals surface area contributed by atoms with Crippen molar-refractivity contribution in [2.75, 3.05) is 0 Å². The molecule has 0 fully saturated rings. The first-order valence-corrected chi connectivity index (χ1v) is 2.09. The Morgan fingerprint density at radius 2 is 2.62 bits per heavy atom. The molecule has 0 aromatic heterocycles. The van der Waals surface area contributed by atoms with Crippen molar-refractivity contribution < 1.29 is 0 Å². The van der Waals surface area contributed by atoms with Crippen molar-refractivity contribution in [3.63, 3.8) is 0 Å². The van der Waals surface area contributed by atoms with Crippen molar-refractivity contribution >= 4 is 6.72 Å². The summed E-state index contributed by atoms with van der Waals surface area (Å²) in [7, 11) is 0. The van der Waals surface area contributed by atoms with Gasteiger partial charge in [-0.05, 0) is 6.92 Å². The van der Waals surface area contributed by atoms with E-state index in [-0.39, 0.29) is 0 Å². The summed E-state index contributed by atoms with van der Waals surface area (Å²) in [6, 6.07) is 1.91. The minimum atomic E-state index is 0.581. The highest BCUT2D eigenvalue weighted by atomic mass is 15.3. The highest BCUT2D eigenvalue weighted by molar-refractivity contribution is 5.23. The van der Waals surface area contributed by atoms with E-state index < -0.39 is 0 Å². The zero-order valence-electron chi connectivity index (χ0n) is 4.68. The third-order valence-corrected chi connectivity index (χ3v) is 0.549. The number of nitrogens with zero attached hydrogens (tertiary/aromatic N) is 2. The van der Waals surface area contributed by atoms with Crippen LogP contribution in [0.25, 0.3) is 0 Å². The van der Waals surface area contributed by atoms with Crippen molar-refractivity contribution in [3.8, 4) is 6.07 Å². The average molecular weight is 109 g/mol. The Kier molecular flexibility index (Phi) is 3.25. The van der Waals surface area contributed by atoms with Crippen LogP contribution in [0.5, 0.6) is 0 Å². The molecular formula is C5H7N3. The van der Waals surface area contributed by atoms with Crippen LogP contribution in [0.15, 0.2) is 16.9 Å². The summed E-state index contributed by atoms with van der Waals surface area (Å²) in [6.07, 6.45) is 1.48. The number of hydrazone groups is 1. The van der Waals surface area contributed by atoms with Gasteiger partial charge in [-0.1, -0.05) is 0 Å². The Hall–Kier alpha value is -1.30. The summed E-state index contributed by atoms with van der Waals surface area (Å²) in [5.41, 5.74) is 3.01. The lowest BCUT2D eigenvalue weighted by atomic mass is 10.4. The quantitative estimate of drug-likeness (QED) is 0.321. The molecule has 0 unspecified atom stereocenters. The molecule has 0 atom stereocenters. The van der Waals surface area contributed by atoms with E-state index in [4.69, 9.17) is 5.26 Å². The third-order valence-electron chi connectivity index (χ3n) is 0.549. The second-order valence-electron chi connectivity index (χ2n) is 1.23. The first-order valence-electron chi connectivity index (χ1n) is 2.09. The highest BCUT2D eigenvalue weighted by Crippen LogP contribution is 1.82. The van der Waals surface area contributed by atoms with E-state index in [1.807, 2.05) is 6.07 Å². The standard InChI is InChI=1S/C5H7N3/c1-5(3-6)4-8-7-2/h4,8H,2H2,1H3/b5-4+. The summed E-state index contributed by atoms with van der Waals surface area (Å²) in [5, 5.41) is 11.4. The Morgan fingerprint density at radius 1 is 2.00 bits per heavy atom. The molecule has 0 aliphatic heterocycles. The molecular weight excluding hydrogens is 102 g/mol. The second-order valence-corrected chi connectivity index (χ2v) is 1.23. The molecule has 0 radical (unpaired) electrons. The summed E-state index contributed by atoms with van der Waals surface area (Å²) in [6.45, 7) is 4.83. The van der Waals surface area contributed by atoms with Crippen LogP contribution in [0.4, 0.5) is 0 Å². The fourth-order valence-electron chi connectivity index (χ4n) is 0.175. The first-order chi connectivity index (χ1) is 3.81. The molecule has 0 aliphatic rings. The SMILES string of the molecule is C=NN/C=C(\C)C#N. The molecule has 0 rings (SSSR count). The Bertz CT molecular complexity index is 140. The number of hydrogen-bond acceptors (Lipinski definition) is 3. The maximum Gasteiger partial charge on any atom is 0.0960 e. The molecule has 0 saturated heterocycles. The lowest BCUT2D eigenvalue weighted by molar-refractivity contribution is 0.971. The molecule has 0 saturated carbocycles. The largest absolute Gasteiger partial charge is 0.285 e. The number of hydrogen-bond donors (Lipinski definition) is 1. The monoisotopic (exact) mass is 109 g/mol. The molecule has 0 aromatic carbocycles. The van der Waals surface area contributed by atoms with Gasteiger partial charge in [-0.15, -0.1) is 0 Å². The van der Waals surface area contributed by atoms with E-state index in [1.54, 1.807) is 6.92 Å². The number of nitrogens with one attached hydrogen (secondary N) is 1. The average Bonchev–Trinajstić information content (AvgIpc) is 1.83. The normalized spacial score (nSPS) is 9.75. The van der Waals surface area contributed by atoms with Crippen LogP contribution in [-0.2, 0) is 0 Å². The Balaban J connectivity index is 3.61. The van der Waals surface area contributed by atoms with E-state index in [9.17, 15) is 0 Å². The van der Waals surface area contributed by atoms with Crippen LogP contribution < -0.4 is 5.43 Å². The third kappa shape index (κ3) is 2.91.